The van der Waals surface area contributed by atoms with Crippen molar-refractivity contribution in [3.8, 4) is 0 Å². The lowest BCUT2D eigenvalue weighted by atomic mass is 9.94. The third-order valence-electron chi connectivity index (χ3n) is 5.12. The molecule has 0 aromatic rings. The molecule has 0 N–H and O–H groups in total. The number of allylic oxidation sites excluding steroid dienone is 1. The summed E-state index contributed by atoms with van der Waals surface area (Å²) in [5.41, 5.74) is 1.62. The lowest BCUT2D eigenvalue weighted by molar-refractivity contribution is 0.384. The van der Waals surface area contributed by atoms with Crippen molar-refractivity contribution in [2.24, 2.45) is 0 Å². The fraction of sp³-hybridized carbons (Fsp3) is 0.900. The van der Waals surface area contributed by atoms with E-state index in [1.54, 1.807) is 5.57 Å². The number of unbranched alkanes of at least 4 members (excludes halogenated alkanes) is 11. The minimum atomic E-state index is 0.548. The van der Waals surface area contributed by atoms with E-state index in [1.807, 2.05) is 0 Å². The van der Waals surface area contributed by atoms with Crippen LogP contribution >= 0.6 is 0 Å². The van der Waals surface area contributed by atoms with E-state index in [-0.39, 0.29) is 0 Å². The van der Waals surface area contributed by atoms with E-state index in [0.717, 1.165) is 0 Å². The van der Waals surface area contributed by atoms with Gasteiger partial charge in [0.05, 0.1) is 6.10 Å². The third kappa shape index (κ3) is 7.00. The molecule has 1 heteroatoms. The normalized spacial score (nSPS) is 26.0. The summed E-state index contributed by atoms with van der Waals surface area (Å²) in [5, 5.41) is 0. The van der Waals surface area contributed by atoms with Crippen LogP contribution < -0.4 is 0 Å². The topological polar surface area (TPSA) is 12.5 Å². The van der Waals surface area contributed by atoms with Crippen LogP contribution in [0.1, 0.15) is 103 Å². The summed E-state index contributed by atoms with van der Waals surface area (Å²) in [6.07, 6.45) is 24.7. The van der Waals surface area contributed by atoms with Crippen LogP contribution in [0.15, 0.2) is 11.6 Å². The first-order chi connectivity index (χ1) is 10.4. The Morgan fingerprint density at radius 3 is 2.19 bits per heavy atom. The number of rotatable bonds is 12. The fourth-order valence-corrected chi connectivity index (χ4v) is 3.65. The van der Waals surface area contributed by atoms with E-state index in [9.17, 15) is 0 Å². The minimum absolute atomic E-state index is 0.548. The zero-order valence-electron chi connectivity index (χ0n) is 14.2. The van der Waals surface area contributed by atoms with E-state index in [1.165, 1.54) is 96.3 Å². The van der Waals surface area contributed by atoms with Gasteiger partial charge in [0.25, 0.3) is 0 Å². The smallest absolute Gasteiger partial charge is 0.105 e. The first kappa shape index (κ1) is 17.1. The van der Waals surface area contributed by atoms with Gasteiger partial charge < -0.3 is 4.74 Å². The molecule has 0 spiro atoms. The number of hydrogen-bond acceptors (Lipinski definition) is 1. The standard InChI is InChI=1S/C20H36O/c1-2-3-4-5-6-7-8-9-10-11-12-13-15-18-16-14-17-19-20(18)21-19/h15,19-20H,2-14,16-17H2,1H3. The largest absolute Gasteiger partial charge is 0.365 e. The van der Waals surface area contributed by atoms with Crippen LogP contribution in [0.5, 0.6) is 0 Å². The number of ether oxygens (including phenoxy) is 1. The van der Waals surface area contributed by atoms with Crippen molar-refractivity contribution in [1.29, 1.82) is 0 Å². The van der Waals surface area contributed by atoms with Gasteiger partial charge >= 0.3 is 0 Å². The summed E-state index contributed by atoms with van der Waals surface area (Å²) in [5.74, 6) is 0. The maximum absolute atomic E-state index is 5.68. The van der Waals surface area contributed by atoms with E-state index in [4.69, 9.17) is 4.74 Å². The summed E-state index contributed by atoms with van der Waals surface area (Å²) < 4.78 is 5.68. The van der Waals surface area contributed by atoms with Gasteiger partial charge in [0.1, 0.15) is 6.10 Å². The zero-order valence-corrected chi connectivity index (χ0v) is 14.2. The highest BCUT2D eigenvalue weighted by Crippen LogP contribution is 2.40. The molecule has 0 bridgehead atoms. The predicted molar refractivity (Wildman–Crippen MR) is 91.7 cm³/mol. The maximum Gasteiger partial charge on any atom is 0.105 e. The second-order valence-electron chi connectivity index (χ2n) is 7.09. The molecular formula is C20H36O. The van der Waals surface area contributed by atoms with Crippen molar-refractivity contribution in [3.63, 3.8) is 0 Å². The zero-order chi connectivity index (χ0) is 14.8. The average molecular weight is 293 g/mol. The molecule has 2 aliphatic rings. The number of hydrogen-bond donors (Lipinski definition) is 0. The molecular weight excluding hydrogens is 256 g/mol. The average Bonchev–Trinajstić information content (AvgIpc) is 3.28. The summed E-state index contributed by atoms with van der Waals surface area (Å²) in [4.78, 5) is 0. The molecule has 1 aliphatic heterocycles. The number of epoxide rings is 1. The first-order valence-electron chi connectivity index (χ1n) is 9.76. The van der Waals surface area contributed by atoms with Crippen molar-refractivity contribution >= 4 is 0 Å². The molecule has 1 nitrogen and oxygen atoms in total. The molecule has 0 aromatic heterocycles. The van der Waals surface area contributed by atoms with Crippen LogP contribution in [-0.4, -0.2) is 12.2 Å². The third-order valence-corrected chi connectivity index (χ3v) is 5.12. The Kier molecular flexibility index (Phi) is 8.47. The van der Waals surface area contributed by atoms with Gasteiger partial charge in [-0.25, -0.2) is 0 Å². The predicted octanol–water partition coefficient (Wildman–Crippen LogP) is 6.57. The van der Waals surface area contributed by atoms with Crippen LogP contribution in [0.2, 0.25) is 0 Å². The maximum atomic E-state index is 5.68. The summed E-state index contributed by atoms with van der Waals surface area (Å²) in [6, 6.07) is 0. The van der Waals surface area contributed by atoms with Crippen molar-refractivity contribution in [1.82, 2.24) is 0 Å². The van der Waals surface area contributed by atoms with Crippen molar-refractivity contribution in [2.75, 3.05) is 0 Å². The monoisotopic (exact) mass is 292 g/mol. The van der Waals surface area contributed by atoms with Crippen molar-refractivity contribution in [2.45, 2.75) is 115 Å². The van der Waals surface area contributed by atoms with E-state index >= 15 is 0 Å². The van der Waals surface area contributed by atoms with Gasteiger partial charge in [-0.2, -0.15) is 0 Å². The molecule has 0 amide bonds. The van der Waals surface area contributed by atoms with E-state index in [0.29, 0.717) is 12.2 Å². The molecule has 1 aliphatic carbocycles. The van der Waals surface area contributed by atoms with Crippen LogP contribution in [0.25, 0.3) is 0 Å². The second-order valence-corrected chi connectivity index (χ2v) is 7.09. The van der Waals surface area contributed by atoms with E-state index < -0.39 is 0 Å². The summed E-state index contributed by atoms with van der Waals surface area (Å²) >= 11 is 0. The highest BCUT2D eigenvalue weighted by molar-refractivity contribution is 5.19. The molecule has 2 rings (SSSR count). The van der Waals surface area contributed by atoms with Gasteiger partial charge in [0.15, 0.2) is 0 Å². The highest BCUT2D eigenvalue weighted by Gasteiger charge is 2.43. The summed E-state index contributed by atoms with van der Waals surface area (Å²) in [7, 11) is 0. The second kappa shape index (κ2) is 10.4. The molecule has 0 radical (unpaired) electrons. The van der Waals surface area contributed by atoms with Gasteiger partial charge in [-0.15, -0.1) is 0 Å². The van der Waals surface area contributed by atoms with Gasteiger partial charge in [0, 0.05) is 0 Å². The van der Waals surface area contributed by atoms with Gasteiger partial charge in [-0.05, 0) is 37.7 Å². The fourth-order valence-electron chi connectivity index (χ4n) is 3.65. The molecule has 122 valence electrons. The van der Waals surface area contributed by atoms with Crippen LogP contribution in [0.4, 0.5) is 0 Å². The quantitative estimate of drug-likeness (QED) is 0.225. The van der Waals surface area contributed by atoms with Crippen LogP contribution in [-0.2, 0) is 4.74 Å². The van der Waals surface area contributed by atoms with E-state index in [2.05, 4.69) is 13.0 Å². The van der Waals surface area contributed by atoms with Gasteiger partial charge in [-0.3, -0.25) is 0 Å². The molecule has 1 saturated carbocycles. The van der Waals surface area contributed by atoms with Crippen molar-refractivity contribution in [3.05, 3.63) is 11.6 Å². The molecule has 1 saturated heterocycles. The Balaban J connectivity index is 1.33. The molecule has 0 aromatic carbocycles. The van der Waals surface area contributed by atoms with Crippen molar-refractivity contribution < 1.29 is 4.74 Å². The Morgan fingerprint density at radius 2 is 1.52 bits per heavy atom. The lowest BCUT2D eigenvalue weighted by Crippen LogP contribution is -2.05. The van der Waals surface area contributed by atoms with Crippen LogP contribution in [0, 0.1) is 0 Å². The summed E-state index contributed by atoms with van der Waals surface area (Å²) in [6.45, 7) is 2.29. The lowest BCUT2D eigenvalue weighted by Gasteiger charge is -2.09. The molecule has 2 atom stereocenters. The minimum Gasteiger partial charge on any atom is -0.365 e. The molecule has 2 unspecified atom stereocenters. The Bertz CT molecular complexity index is 294. The van der Waals surface area contributed by atoms with Gasteiger partial charge in [-0.1, -0.05) is 77.2 Å². The van der Waals surface area contributed by atoms with Crippen LogP contribution in [0.3, 0.4) is 0 Å². The van der Waals surface area contributed by atoms with Gasteiger partial charge in [0.2, 0.25) is 0 Å². The first-order valence-corrected chi connectivity index (χ1v) is 9.76. The molecule has 1 heterocycles. The Hall–Kier alpha value is -0.300. The SMILES string of the molecule is CCCCCCCCCCCCCC=C1CCCC2OC12. The molecule has 2 fully saturated rings. The Labute approximate surface area is 132 Å². The highest BCUT2D eigenvalue weighted by atomic mass is 16.6. The number of fused-ring (bicyclic) bond motifs is 1. The molecule has 21 heavy (non-hydrogen) atoms. The Morgan fingerprint density at radius 1 is 0.905 bits per heavy atom.